The van der Waals surface area contributed by atoms with Gasteiger partial charge in [0, 0.05) is 24.6 Å². The van der Waals surface area contributed by atoms with Gasteiger partial charge in [-0.3, -0.25) is 4.98 Å². The van der Waals surface area contributed by atoms with Gasteiger partial charge in [-0.25, -0.2) is 0 Å². The van der Waals surface area contributed by atoms with Crippen LogP contribution in [0.2, 0.25) is 0 Å². The second-order valence-electron chi connectivity index (χ2n) is 7.95. The Morgan fingerprint density at radius 3 is 2.65 bits per heavy atom. The van der Waals surface area contributed by atoms with Gasteiger partial charge in [0.2, 0.25) is 0 Å². The molecule has 0 amide bonds. The number of ether oxygens (including phenoxy) is 1. The second kappa shape index (κ2) is 9.49. The minimum Gasteiger partial charge on any atom is -0.495 e. The summed E-state index contributed by atoms with van der Waals surface area (Å²) in [5, 5.41) is 4.31. The van der Waals surface area contributed by atoms with Gasteiger partial charge >= 0.3 is 0 Å². The minimum atomic E-state index is -0.0311. The molecule has 1 aliphatic heterocycles. The maximum absolute atomic E-state index is 5.80. The van der Waals surface area contributed by atoms with Crippen molar-refractivity contribution in [3.63, 3.8) is 0 Å². The zero-order valence-corrected chi connectivity index (χ0v) is 19.0. The lowest BCUT2D eigenvalue weighted by molar-refractivity contribution is 0.286. The third-order valence-corrected chi connectivity index (χ3v) is 5.98. The molecular formula is C24H29N5OS. The van der Waals surface area contributed by atoms with Crippen molar-refractivity contribution in [2.24, 2.45) is 0 Å². The fourth-order valence-corrected chi connectivity index (χ4v) is 4.54. The smallest absolute Gasteiger partial charge is 0.170 e. The Morgan fingerprint density at radius 2 is 1.90 bits per heavy atom. The van der Waals surface area contributed by atoms with Crippen LogP contribution >= 0.6 is 12.2 Å². The number of aromatic nitrogens is 2. The summed E-state index contributed by atoms with van der Waals surface area (Å²) >= 11 is 5.80. The van der Waals surface area contributed by atoms with Crippen molar-refractivity contribution >= 4 is 17.3 Å². The number of para-hydroxylation sites is 2. The normalized spacial score (nSPS) is 18.5. The van der Waals surface area contributed by atoms with Gasteiger partial charge in [0.05, 0.1) is 30.6 Å². The number of nitrogens with zero attached hydrogens (tertiary/aromatic N) is 4. The molecule has 31 heavy (non-hydrogen) atoms. The van der Waals surface area contributed by atoms with E-state index in [0.717, 1.165) is 47.4 Å². The lowest BCUT2D eigenvalue weighted by Gasteiger charge is -2.29. The highest BCUT2D eigenvalue weighted by atomic mass is 32.1. The summed E-state index contributed by atoms with van der Waals surface area (Å²) in [6.07, 6.45) is 4.95. The van der Waals surface area contributed by atoms with Crippen LogP contribution in [-0.2, 0) is 0 Å². The van der Waals surface area contributed by atoms with Crippen molar-refractivity contribution in [2.45, 2.75) is 18.5 Å². The van der Waals surface area contributed by atoms with Crippen LogP contribution in [0, 0.1) is 0 Å². The largest absolute Gasteiger partial charge is 0.495 e. The van der Waals surface area contributed by atoms with Gasteiger partial charge in [0.15, 0.2) is 5.11 Å². The van der Waals surface area contributed by atoms with E-state index in [4.69, 9.17) is 17.0 Å². The topological polar surface area (TPSA) is 45.6 Å². The summed E-state index contributed by atoms with van der Waals surface area (Å²) in [5.74, 6) is 0.835. The molecule has 1 aliphatic rings. The molecule has 3 aromatic rings. The molecule has 2 atom stereocenters. The number of benzene rings is 1. The molecule has 1 N–H and O–H groups in total. The first kappa shape index (κ1) is 21.3. The summed E-state index contributed by atoms with van der Waals surface area (Å²) in [6, 6.07) is 18.4. The van der Waals surface area contributed by atoms with Crippen LogP contribution in [0.3, 0.4) is 0 Å². The predicted octanol–water partition coefficient (Wildman–Crippen LogP) is 3.81. The molecule has 0 spiro atoms. The highest BCUT2D eigenvalue weighted by Crippen LogP contribution is 2.40. The average Bonchev–Trinajstić information content (AvgIpc) is 3.38. The zero-order chi connectivity index (χ0) is 21.8. The molecular weight excluding hydrogens is 406 g/mol. The molecule has 6 nitrogen and oxygen atoms in total. The van der Waals surface area contributed by atoms with Crippen molar-refractivity contribution in [1.82, 2.24) is 24.7 Å². The maximum Gasteiger partial charge on any atom is 0.170 e. The molecule has 3 heterocycles. The summed E-state index contributed by atoms with van der Waals surface area (Å²) in [4.78, 5) is 9.15. The fraction of sp³-hybridized carbons (Fsp3) is 0.333. The second-order valence-corrected chi connectivity index (χ2v) is 8.34. The monoisotopic (exact) mass is 435 g/mol. The van der Waals surface area contributed by atoms with Gasteiger partial charge in [-0.2, -0.15) is 0 Å². The molecule has 0 bridgehead atoms. The van der Waals surface area contributed by atoms with E-state index < -0.39 is 0 Å². The van der Waals surface area contributed by atoms with Crippen molar-refractivity contribution in [3.05, 3.63) is 78.4 Å². The van der Waals surface area contributed by atoms with Gasteiger partial charge in [0.1, 0.15) is 5.75 Å². The Balaban J connectivity index is 1.76. The van der Waals surface area contributed by atoms with Crippen LogP contribution in [-0.4, -0.2) is 58.8 Å². The number of rotatable bonds is 8. The number of hydrogen-bond donors (Lipinski definition) is 1. The Labute approximate surface area is 189 Å². The molecule has 1 saturated heterocycles. The minimum absolute atomic E-state index is 0.0180. The summed E-state index contributed by atoms with van der Waals surface area (Å²) < 4.78 is 7.85. The number of thiocarbonyl (C=S) groups is 1. The van der Waals surface area contributed by atoms with E-state index in [0.29, 0.717) is 0 Å². The van der Waals surface area contributed by atoms with Crippen LogP contribution in [0.1, 0.15) is 29.9 Å². The first-order valence-electron chi connectivity index (χ1n) is 10.5. The van der Waals surface area contributed by atoms with Gasteiger partial charge < -0.3 is 24.4 Å². The lowest BCUT2D eigenvalue weighted by Crippen LogP contribution is -2.33. The van der Waals surface area contributed by atoms with E-state index in [9.17, 15) is 0 Å². The van der Waals surface area contributed by atoms with Crippen molar-refractivity contribution in [3.8, 4) is 11.4 Å². The van der Waals surface area contributed by atoms with E-state index in [-0.39, 0.29) is 12.1 Å². The molecule has 2 aromatic heterocycles. The van der Waals surface area contributed by atoms with Crippen molar-refractivity contribution in [1.29, 1.82) is 0 Å². The molecule has 7 heteroatoms. The van der Waals surface area contributed by atoms with E-state index in [1.54, 1.807) is 7.11 Å². The highest BCUT2D eigenvalue weighted by Gasteiger charge is 2.41. The Morgan fingerprint density at radius 1 is 1.10 bits per heavy atom. The average molecular weight is 436 g/mol. The van der Waals surface area contributed by atoms with Crippen molar-refractivity contribution in [2.75, 3.05) is 34.3 Å². The van der Waals surface area contributed by atoms with Gasteiger partial charge in [-0.05, 0) is 75.7 Å². The summed E-state index contributed by atoms with van der Waals surface area (Å²) in [7, 11) is 5.90. The van der Waals surface area contributed by atoms with E-state index in [1.165, 1.54) is 0 Å². The lowest BCUT2D eigenvalue weighted by atomic mass is 10.0. The number of nitrogens with one attached hydrogen (secondary N) is 1. The molecule has 0 radical (unpaired) electrons. The third kappa shape index (κ3) is 4.43. The molecule has 0 aliphatic carbocycles. The number of hydrogen-bond acceptors (Lipinski definition) is 4. The summed E-state index contributed by atoms with van der Waals surface area (Å²) in [6.45, 7) is 1.88. The van der Waals surface area contributed by atoms with E-state index >= 15 is 0 Å². The molecule has 162 valence electrons. The molecule has 0 unspecified atom stereocenters. The third-order valence-electron chi connectivity index (χ3n) is 5.63. The Bertz CT molecular complexity index is 1020. The fourth-order valence-electron chi connectivity index (χ4n) is 4.21. The van der Waals surface area contributed by atoms with Gasteiger partial charge in [-0.15, -0.1) is 0 Å². The van der Waals surface area contributed by atoms with Gasteiger partial charge in [0.25, 0.3) is 0 Å². The number of methoxy groups -OCH3 is 1. The van der Waals surface area contributed by atoms with E-state index in [2.05, 4.69) is 69.2 Å². The first-order valence-corrected chi connectivity index (χ1v) is 10.9. The molecule has 1 aromatic carbocycles. The van der Waals surface area contributed by atoms with Crippen LogP contribution in [0.15, 0.2) is 67.0 Å². The Kier molecular flexibility index (Phi) is 6.53. The van der Waals surface area contributed by atoms with Crippen LogP contribution in [0.5, 0.6) is 5.75 Å². The zero-order valence-electron chi connectivity index (χ0n) is 18.2. The maximum atomic E-state index is 5.80. The SMILES string of the molecule is COc1ccccc1-n1cccc1[C@@H]1[C@H](c2ccccn2)NC(=S)N1CCCN(C)C. The highest BCUT2D eigenvalue weighted by molar-refractivity contribution is 7.80. The molecule has 0 saturated carbocycles. The van der Waals surface area contributed by atoms with Crippen LogP contribution in [0.4, 0.5) is 0 Å². The predicted molar refractivity (Wildman–Crippen MR) is 128 cm³/mol. The van der Waals surface area contributed by atoms with Crippen molar-refractivity contribution < 1.29 is 4.74 Å². The van der Waals surface area contributed by atoms with Crippen LogP contribution in [0.25, 0.3) is 5.69 Å². The Hall–Kier alpha value is -2.90. The standard InChI is InChI=1S/C24H29N5OS/c1-27(2)15-9-17-29-23(22(26-24(29)31)18-10-6-7-14-25-18)20-12-8-16-28(20)19-11-4-5-13-21(19)30-3/h4-8,10-14,16,22-23H,9,15,17H2,1-3H3,(H,26,31)/t22-,23+/m0/s1. The van der Waals surface area contributed by atoms with Crippen LogP contribution < -0.4 is 10.1 Å². The number of pyridine rings is 1. The quantitative estimate of drug-likeness (QED) is 0.543. The van der Waals surface area contributed by atoms with E-state index in [1.807, 2.05) is 36.5 Å². The molecule has 1 fully saturated rings. The first-order chi connectivity index (χ1) is 15.1. The summed E-state index contributed by atoms with van der Waals surface area (Å²) in [5.41, 5.74) is 3.14. The van der Waals surface area contributed by atoms with Gasteiger partial charge in [-0.1, -0.05) is 18.2 Å². The molecule has 4 rings (SSSR count).